The molecule has 5 heteroatoms. The molecule has 0 bridgehead atoms. The number of halogens is 1. The van der Waals surface area contributed by atoms with Gasteiger partial charge in [-0.15, -0.1) is 0 Å². The zero-order valence-corrected chi connectivity index (χ0v) is 14.1. The van der Waals surface area contributed by atoms with Gasteiger partial charge in [-0.05, 0) is 46.5 Å². The van der Waals surface area contributed by atoms with Crippen LogP contribution in [0.2, 0.25) is 0 Å². The number of carbonyl (C=O) groups is 1. The van der Waals surface area contributed by atoms with Crippen LogP contribution in [0.1, 0.15) is 32.4 Å². The van der Waals surface area contributed by atoms with Gasteiger partial charge in [0, 0.05) is 12.6 Å². The monoisotopic (exact) mass is 342 g/mol. The summed E-state index contributed by atoms with van der Waals surface area (Å²) in [5.41, 5.74) is 1.11. The lowest BCUT2D eigenvalue weighted by atomic mass is 10.1. The highest BCUT2D eigenvalue weighted by molar-refractivity contribution is 9.10. The summed E-state index contributed by atoms with van der Waals surface area (Å²) in [7, 11) is 1.64. The smallest absolute Gasteiger partial charge is 0.233 e. The average molecular weight is 343 g/mol. The van der Waals surface area contributed by atoms with Crippen LogP contribution in [0.3, 0.4) is 0 Å². The molecule has 2 N–H and O–H groups in total. The zero-order valence-electron chi connectivity index (χ0n) is 12.5. The van der Waals surface area contributed by atoms with Crippen molar-refractivity contribution >= 4 is 21.8 Å². The minimum atomic E-state index is 0.0260. The van der Waals surface area contributed by atoms with Gasteiger partial charge in [-0.3, -0.25) is 4.79 Å². The standard InChI is InChI=1S/C15H23BrN2O2/c1-10(2)8-18-15(19)9-17-11(3)12-5-6-14(20-4)13(16)7-12/h5-7,10-11,17H,8-9H2,1-4H3,(H,18,19). The van der Waals surface area contributed by atoms with Gasteiger partial charge < -0.3 is 15.4 Å². The molecule has 1 aromatic carbocycles. The molecule has 0 heterocycles. The lowest BCUT2D eigenvalue weighted by Crippen LogP contribution is -2.36. The maximum atomic E-state index is 11.6. The van der Waals surface area contributed by atoms with Crippen molar-refractivity contribution in [3.63, 3.8) is 0 Å². The number of nitrogens with one attached hydrogen (secondary N) is 2. The summed E-state index contributed by atoms with van der Waals surface area (Å²) in [4.78, 5) is 11.6. The Morgan fingerprint density at radius 2 is 2.05 bits per heavy atom. The van der Waals surface area contributed by atoms with E-state index in [0.29, 0.717) is 19.0 Å². The van der Waals surface area contributed by atoms with Crippen LogP contribution in [0.25, 0.3) is 0 Å². The number of rotatable bonds is 7. The van der Waals surface area contributed by atoms with Crippen molar-refractivity contribution in [2.75, 3.05) is 20.2 Å². The van der Waals surface area contributed by atoms with E-state index in [-0.39, 0.29) is 11.9 Å². The van der Waals surface area contributed by atoms with Gasteiger partial charge in [0.1, 0.15) is 5.75 Å². The second kappa shape index (κ2) is 8.27. The normalized spacial score (nSPS) is 12.3. The fraction of sp³-hybridized carbons (Fsp3) is 0.533. The van der Waals surface area contributed by atoms with E-state index < -0.39 is 0 Å². The van der Waals surface area contributed by atoms with E-state index in [1.165, 1.54) is 0 Å². The molecule has 1 rings (SSSR count). The van der Waals surface area contributed by atoms with Crippen molar-refractivity contribution in [2.24, 2.45) is 5.92 Å². The van der Waals surface area contributed by atoms with Gasteiger partial charge in [0.2, 0.25) is 5.91 Å². The van der Waals surface area contributed by atoms with Crippen molar-refractivity contribution in [1.29, 1.82) is 0 Å². The van der Waals surface area contributed by atoms with Gasteiger partial charge in [-0.1, -0.05) is 19.9 Å². The van der Waals surface area contributed by atoms with Crippen molar-refractivity contribution in [3.05, 3.63) is 28.2 Å². The molecule has 0 saturated heterocycles. The Hall–Kier alpha value is -1.07. The summed E-state index contributed by atoms with van der Waals surface area (Å²) < 4.78 is 6.11. The van der Waals surface area contributed by atoms with Gasteiger partial charge >= 0.3 is 0 Å². The number of amides is 1. The van der Waals surface area contributed by atoms with E-state index in [1.54, 1.807) is 7.11 Å². The van der Waals surface area contributed by atoms with Gasteiger partial charge in [0.05, 0.1) is 18.1 Å². The molecule has 0 aromatic heterocycles. The molecule has 1 amide bonds. The SMILES string of the molecule is COc1ccc(C(C)NCC(=O)NCC(C)C)cc1Br. The number of carbonyl (C=O) groups excluding carboxylic acids is 1. The Balaban J connectivity index is 2.48. The zero-order chi connectivity index (χ0) is 15.1. The molecule has 0 aliphatic rings. The summed E-state index contributed by atoms with van der Waals surface area (Å²) in [5.74, 6) is 1.29. The van der Waals surface area contributed by atoms with Crippen LogP contribution < -0.4 is 15.4 Å². The van der Waals surface area contributed by atoms with E-state index in [0.717, 1.165) is 15.8 Å². The Bertz CT molecular complexity index is 449. The second-order valence-corrected chi connectivity index (χ2v) is 6.05. The molecule has 1 aromatic rings. The molecule has 1 unspecified atom stereocenters. The number of hydrogen-bond acceptors (Lipinski definition) is 3. The van der Waals surface area contributed by atoms with E-state index >= 15 is 0 Å². The molecule has 112 valence electrons. The van der Waals surface area contributed by atoms with Crippen molar-refractivity contribution < 1.29 is 9.53 Å². The summed E-state index contributed by atoms with van der Waals surface area (Å²) in [6.45, 7) is 7.21. The highest BCUT2D eigenvalue weighted by Gasteiger charge is 2.10. The van der Waals surface area contributed by atoms with Gasteiger partial charge in [-0.2, -0.15) is 0 Å². The first-order valence-corrected chi connectivity index (χ1v) is 7.56. The molecule has 0 spiro atoms. The van der Waals surface area contributed by atoms with E-state index in [9.17, 15) is 4.79 Å². The Kier molecular flexibility index (Phi) is 7.02. The average Bonchev–Trinajstić information content (AvgIpc) is 2.42. The Morgan fingerprint density at radius 3 is 2.60 bits per heavy atom. The van der Waals surface area contributed by atoms with E-state index in [4.69, 9.17) is 4.74 Å². The fourth-order valence-electron chi connectivity index (χ4n) is 1.70. The Morgan fingerprint density at radius 1 is 1.35 bits per heavy atom. The molecule has 0 fully saturated rings. The largest absolute Gasteiger partial charge is 0.496 e. The third kappa shape index (κ3) is 5.51. The molecular formula is C15H23BrN2O2. The molecule has 0 aliphatic carbocycles. The maximum absolute atomic E-state index is 11.6. The minimum Gasteiger partial charge on any atom is -0.496 e. The van der Waals surface area contributed by atoms with Crippen LogP contribution in [0.5, 0.6) is 5.75 Å². The first-order chi connectivity index (χ1) is 9.43. The van der Waals surface area contributed by atoms with Crippen LogP contribution >= 0.6 is 15.9 Å². The predicted molar refractivity (Wildman–Crippen MR) is 85.0 cm³/mol. The molecule has 0 aliphatic heterocycles. The third-order valence-electron chi connectivity index (χ3n) is 2.95. The minimum absolute atomic E-state index is 0.0260. The van der Waals surface area contributed by atoms with E-state index in [1.807, 2.05) is 25.1 Å². The van der Waals surface area contributed by atoms with Crippen molar-refractivity contribution in [1.82, 2.24) is 10.6 Å². The van der Waals surface area contributed by atoms with Gasteiger partial charge in [0.25, 0.3) is 0 Å². The van der Waals surface area contributed by atoms with Crippen LogP contribution in [-0.2, 0) is 4.79 Å². The van der Waals surface area contributed by atoms with Crippen molar-refractivity contribution in [3.8, 4) is 5.75 Å². The lowest BCUT2D eigenvalue weighted by Gasteiger charge is -2.16. The first kappa shape index (κ1) is 17.0. The topological polar surface area (TPSA) is 50.4 Å². The fourth-order valence-corrected chi connectivity index (χ4v) is 2.25. The molecule has 0 saturated carbocycles. The third-order valence-corrected chi connectivity index (χ3v) is 3.57. The number of benzene rings is 1. The molecular weight excluding hydrogens is 320 g/mol. The van der Waals surface area contributed by atoms with Crippen molar-refractivity contribution in [2.45, 2.75) is 26.8 Å². The van der Waals surface area contributed by atoms with Crippen LogP contribution in [-0.4, -0.2) is 26.1 Å². The quantitative estimate of drug-likeness (QED) is 0.800. The molecule has 0 radical (unpaired) electrons. The molecule has 1 atom stereocenters. The first-order valence-electron chi connectivity index (χ1n) is 6.77. The summed E-state index contributed by atoms with van der Waals surface area (Å²) in [5, 5.41) is 6.10. The van der Waals surface area contributed by atoms with Gasteiger partial charge in [-0.25, -0.2) is 0 Å². The highest BCUT2D eigenvalue weighted by Crippen LogP contribution is 2.27. The lowest BCUT2D eigenvalue weighted by molar-refractivity contribution is -0.120. The number of methoxy groups -OCH3 is 1. The highest BCUT2D eigenvalue weighted by atomic mass is 79.9. The van der Waals surface area contributed by atoms with Crippen LogP contribution in [0, 0.1) is 5.92 Å². The van der Waals surface area contributed by atoms with Crippen LogP contribution in [0.4, 0.5) is 0 Å². The molecule has 20 heavy (non-hydrogen) atoms. The Labute approximate surface area is 129 Å². The maximum Gasteiger partial charge on any atom is 0.233 e. The van der Waals surface area contributed by atoms with Gasteiger partial charge in [0.15, 0.2) is 0 Å². The number of ether oxygens (including phenoxy) is 1. The summed E-state index contributed by atoms with van der Waals surface area (Å²) >= 11 is 3.46. The van der Waals surface area contributed by atoms with E-state index in [2.05, 4.69) is 40.4 Å². The predicted octanol–water partition coefficient (Wildman–Crippen LogP) is 2.88. The molecule has 4 nitrogen and oxygen atoms in total. The number of hydrogen-bond donors (Lipinski definition) is 2. The second-order valence-electron chi connectivity index (χ2n) is 5.19. The van der Waals surface area contributed by atoms with Crippen LogP contribution in [0.15, 0.2) is 22.7 Å². The summed E-state index contributed by atoms with van der Waals surface area (Å²) in [6, 6.07) is 6.01. The summed E-state index contributed by atoms with van der Waals surface area (Å²) in [6.07, 6.45) is 0.